The van der Waals surface area contributed by atoms with E-state index in [2.05, 4.69) is 15.0 Å². The van der Waals surface area contributed by atoms with Gasteiger partial charge in [0.05, 0.1) is 17.5 Å². The van der Waals surface area contributed by atoms with Crippen molar-refractivity contribution in [3.8, 4) is 0 Å². The van der Waals surface area contributed by atoms with Crippen molar-refractivity contribution in [3.05, 3.63) is 65.5 Å². The Hall–Kier alpha value is -2.74. The first kappa shape index (κ1) is 18.1. The molecular formula is C18H18FN3O3S. The van der Waals surface area contributed by atoms with E-state index in [9.17, 15) is 17.6 Å². The second-order valence-corrected chi connectivity index (χ2v) is 7.54. The molecule has 2 aromatic rings. The number of benzene rings is 2. The van der Waals surface area contributed by atoms with Crippen molar-refractivity contribution in [3.63, 3.8) is 0 Å². The molecule has 1 heterocycles. The van der Waals surface area contributed by atoms with Gasteiger partial charge in [-0.15, -0.1) is 0 Å². The van der Waals surface area contributed by atoms with E-state index >= 15 is 0 Å². The molecule has 0 radical (unpaired) electrons. The fraction of sp³-hybridized carbons (Fsp3) is 0.222. The summed E-state index contributed by atoms with van der Waals surface area (Å²) in [6.45, 7) is 1.81. The van der Waals surface area contributed by atoms with Gasteiger partial charge < -0.3 is 5.32 Å². The molecule has 0 spiro atoms. The Bertz CT molecular complexity index is 973. The highest BCUT2D eigenvalue weighted by Crippen LogP contribution is 2.22. The summed E-state index contributed by atoms with van der Waals surface area (Å²) < 4.78 is 40.1. The fourth-order valence-electron chi connectivity index (χ4n) is 2.74. The van der Waals surface area contributed by atoms with E-state index < -0.39 is 16.1 Å². The van der Waals surface area contributed by atoms with E-state index in [0.717, 1.165) is 0 Å². The molecule has 0 fully saturated rings. The van der Waals surface area contributed by atoms with Gasteiger partial charge >= 0.3 is 0 Å². The molecule has 1 aliphatic rings. The summed E-state index contributed by atoms with van der Waals surface area (Å²) in [6, 6.07) is 12.3. The van der Waals surface area contributed by atoms with Gasteiger partial charge in [-0.3, -0.25) is 14.5 Å². The highest BCUT2D eigenvalue weighted by molar-refractivity contribution is 7.90. The van der Waals surface area contributed by atoms with Crippen molar-refractivity contribution in [2.24, 2.45) is 4.99 Å². The maximum Gasteiger partial charge on any atom is 0.263 e. The zero-order valence-electron chi connectivity index (χ0n) is 14.1. The zero-order chi connectivity index (χ0) is 18.7. The number of carbonyl (C=O) groups is 1. The molecule has 0 saturated carbocycles. The Morgan fingerprint density at radius 2 is 1.88 bits per heavy atom. The summed E-state index contributed by atoms with van der Waals surface area (Å²) in [6.07, 6.45) is 0.0617. The van der Waals surface area contributed by atoms with Crippen LogP contribution in [-0.4, -0.2) is 26.7 Å². The lowest BCUT2D eigenvalue weighted by Crippen LogP contribution is -2.28. The van der Waals surface area contributed by atoms with E-state index in [-0.39, 0.29) is 35.4 Å². The average molecular weight is 375 g/mol. The number of hydrogen-bond donors (Lipinski definition) is 2. The van der Waals surface area contributed by atoms with Crippen molar-refractivity contribution in [2.75, 3.05) is 6.54 Å². The van der Waals surface area contributed by atoms with Crippen LogP contribution in [0.15, 0.2) is 58.4 Å². The molecule has 2 N–H and O–H groups in total. The third-order valence-corrected chi connectivity index (χ3v) is 5.42. The highest BCUT2D eigenvalue weighted by Gasteiger charge is 2.29. The second-order valence-electron chi connectivity index (χ2n) is 5.89. The zero-order valence-corrected chi connectivity index (χ0v) is 14.9. The molecule has 2 aromatic carbocycles. The Morgan fingerprint density at radius 1 is 1.19 bits per heavy atom. The largest absolute Gasteiger partial charge is 0.349 e. The predicted octanol–water partition coefficient (Wildman–Crippen LogP) is 2.13. The lowest BCUT2D eigenvalue weighted by atomic mass is 10.1. The lowest BCUT2D eigenvalue weighted by Gasteiger charge is -2.14. The summed E-state index contributed by atoms with van der Waals surface area (Å²) in [5.41, 5.74) is 0.900. The number of aliphatic imine (C=N–C) groups is 1. The van der Waals surface area contributed by atoms with Crippen LogP contribution < -0.4 is 10.0 Å². The topological polar surface area (TPSA) is 87.6 Å². The van der Waals surface area contributed by atoms with Crippen molar-refractivity contribution >= 4 is 21.8 Å². The first-order valence-corrected chi connectivity index (χ1v) is 9.57. The minimum atomic E-state index is -3.59. The quantitative estimate of drug-likeness (QED) is 0.839. The Kier molecular flexibility index (Phi) is 5.03. The molecule has 1 unspecified atom stereocenters. The number of nitrogens with zero attached hydrogens (tertiary/aromatic N) is 1. The Morgan fingerprint density at radius 3 is 2.65 bits per heavy atom. The number of rotatable bonds is 5. The fourth-order valence-corrected chi connectivity index (χ4v) is 3.99. The molecule has 26 heavy (non-hydrogen) atoms. The number of fused-ring (bicyclic) bond motifs is 1. The summed E-state index contributed by atoms with van der Waals surface area (Å²) >= 11 is 0. The van der Waals surface area contributed by atoms with Crippen LogP contribution in [0.3, 0.4) is 0 Å². The van der Waals surface area contributed by atoms with Crippen molar-refractivity contribution < 1.29 is 17.6 Å². The number of hydrogen-bond acceptors (Lipinski definition) is 4. The van der Waals surface area contributed by atoms with Gasteiger partial charge in [0.25, 0.3) is 10.0 Å². The average Bonchev–Trinajstić information content (AvgIpc) is 2.86. The third-order valence-electron chi connectivity index (χ3n) is 4.02. The van der Waals surface area contributed by atoms with Crippen molar-refractivity contribution in [1.29, 1.82) is 0 Å². The summed E-state index contributed by atoms with van der Waals surface area (Å²) in [4.78, 5) is 16.4. The third kappa shape index (κ3) is 3.75. The molecule has 0 bridgehead atoms. The number of sulfonamides is 1. The van der Waals surface area contributed by atoms with Gasteiger partial charge in [0.15, 0.2) is 0 Å². The molecule has 136 valence electrons. The van der Waals surface area contributed by atoms with Crippen LogP contribution in [0.5, 0.6) is 0 Å². The van der Waals surface area contributed by atoms with E-state index in [0.29, 0.717) is 11.1 Å². The molecular weight excluding hydrogens is 357 g/mol. The number of nitrogens with one attached hydrogen (secondary N) is 2. The minimum absolute atomic E-state index is 0.0617. The van der Waals surface area contributed by atoms with Gasteiger partial charge in [0.1, 0.15) is 11.7 Å². The van der Waals surface area contributed by atoms with Gasteiger partial charge in [-0.25, -0.2) is 12.8 Å². The number of amides is 1. The van der Waals surface area contributed by atoms with Crippen molar-refractivity contribution in [2.45, 2.75) is 24.3 Å². The second kappa shape index (κ2) is 7.25. The molecule has 3 rings (SSSR count). The van der Waals surface area contributed by atoms with E-state index in [4.69, 9.17) is 0 Å². The Balaban J connectivity index is 1.61. The maximum absolute atomic E-state index is 13.7. The predicted molar refractivity (Wildman–Crippen MR) is 95.7 cm³/mol. The Labute approximate surface area is 151 Å². The smallest absolute Gasteiger partial charge is 0.263 e. The van der Waals surface area contributed by atoms with Crippen LogP contribution >= 0.6 is 0 Å². The molecule has 8 heteroatoms. The number of amidine groups is 1. The van der Waals surface area contributed by atoms with Gasteiger partial charge in [0.2, 0.25) is 5.91 Å². The number of carbonyl (C=O) groups excluding carboxylic acids is 1. The standard InChI is InChI=1S/C18H18FN3O3S/c1-12(13-6-2-4-8-15(13)19)21-17(23)10-11-20-18-14-7-3-5-9-16(14)26(24,25)22-18/h2-9,12H,10-11H2,1H3,(H,20,22)(H,21,23). The van der Waals surface area contributed by atoms with Gasteiger partial charge in [-0.05, 0) is 25.1 Å². The van der Waals surface area contributed by atoms with E-state index in [1.807, 2.05) is 0 Å². The molecule has 1 aliphatic heterocycles. The normalized spacial score (nSPS) is 17.4. The monoisotopic (exact) mass is 375 g/mol. The van der Waals surface area contributed by atoms with Gasteiger partial charge in [0, 0.05) is 17.5 Å². The molecule has 0 saturated heterocycles. The van der Waals surface area contributed by atoms with Crippen LogP contribution in [0, 0.1) is 5.82 Å². The first-order chi connectivity index (χ1) is 12.4. The van der Waals surface area contributed by atoms with Crippen LogP contribution in [0.2, 0.25) is 0 Å². The first-order valence-electron chi connectivity index (χ1n) is 8.09. The van der Waals surface area contributed by atoms with E-state index in [1.165, 1.54) is 12.1 Å². The number of halogens is 1. The summed E-state index contributed by atoms with van der Waals surface area (Å²) in [5.74, 6) is -0.438. The van der Waals surface area contributed by atoms with Crippen LogP contribution in [0.25, 0.3) is 0 Å². The lowest BCUT2D eigenvalue weighted by molar-refractivity contribution is -0.121. The van der Waals surface area contributed by atoms with Crippen molar-refractivity contribution in [1.82, 2.24) is 10.0 Å². The molecule has 6 nitrogen and oxygen atoms in total. The molecule has 1 amide bonds. The minimum Gasteiger partial charge on any atom is -0.349 e. The summed E-state index contributed by atoms with van der Waals surface area (Å²) in [7, 11) is -3.59. The van der Waals surface area contributed by atoms with Crippen LogP contribution in [0.4, 0.5) is 4.39 Å². The molecule has 0 aromatic heterocycles. The molecule has 0 aliphatic carbocycles. The SMILES string of the molecule is CC(NC(=O)CCN=C1NS(=O)(=O)c2ccccc21)c1ccccc1F. The van der Waals surface area contributed by atoms with Crippen LogP contribution in [-0.2, 0) is 14.8 Å². The molecule has 1 atom stereocenters. The van der Waals surface area contributed by atoms with Crippen LogP contribution in [0.1, 0.15) is 30.5 Å². The summed E-state index contributed by atoms with van der Waals surface area (Å²) in [5, 5.41) is 2.71. The maximum atomic E-state index is 13.7. The highest BCUT2D eigenvalue weighted by atomic mass is 32.2. The van der Waals surface area contributed by atoms with Gasteiger partial charge in [-0.2, -0.15) is 0 Å². The van der Waals surface area contributed by atoms with Gasteiger partial charge in [-0.1, -0.05) is 30.3 Å². The van der Waals surface area contributed by atoms with E-state index in [1.54, 1.807) is 43.3 Å².